The van der Waals surface area contributed by atoms with E-state index >= 15 is 0 Å². The molecular weight excluding hydrogens is 492 g/mol. The number of phenols is 1. The van der Waals surface area contributed by atoms with E-state index in [0.29, 0.717) is 11.4 Å². The molecule has 8 heteroatoms. The fraction of sp³-hybridized carbons (Fsp3) is 0.161. The summed E-state index contributed by atoms with van der Waals surface area (Å²) in [5.74, 6) is -0.395. The van der Waals surface area contributed by atoms with Crippen LogP contribution in [0.1, 0.15) is 47.8 Å². The normalized spacial score (nSPS) is 11.2. The number of hydrazone groups is 1. The number of nitriles is 1. The van der Waals surface area contributed by atoms with Gasteiger partial charge in [0.15, 0.2) is 6.61 Å². The summed E-state index contributed by atoms with van der Waals surface area (Å²) in [6.07, 6.45) is 1.50. The van der Waals surface area contributed by atoms with E-state index in [2.05, 4.69) is 36.6 Å². The summed E-state index contributed by atoms with van der Waals surface area (Å²) in [5, 5.41) is 27.2. The van der Waals surface area contributed by atoms with Crippen molar-refractivity contribution in [3.63, 3.8) is 0 Å². The Labute approximate surface area is 226 Å². The molecule has 0 aliphatic heterocycles. The molecule has 0 spiro atoms. The topological polar surface area (TPSA) is 124 Å². The lowest BCUT2D eigenvalue weighted by molar-refractivity contribution is -0.118. The van der Waals surface area contributed by atoms with Crippen molar-refractivity contribution in [1.29, 1.82) is 5.26 Å². The van der Waals surface area contributed by atoms with Gasteiger partial charge in [0.25, 0.3) is 11.8 Å². The van der Waals surface area contributed by atoms with Crippen molar-refractivity contribution in [2.24, 2.45) is 5.10 Å². The van der Waals surface area contributed by atoms with Crippen molar-refractivity contribution < 1.29 is 19.4 Å². The maximum Gasteiger partial charge on any atom is 0.271 e. The van der Waals surface area contributed by atoms with Crippen molar-refractivity contribution in [2.45, 2.75) is 26.2 Å². The number of carbonyl (C=O) groups excluding carboxylic acids is 2. The second-order valence-electron chi connectivity index (χ2n) is 9.90. The van der Waals surface area contributed by atoms with Crippen LogP contribution in [0.5, 0.6) is 11.5 Å². The van der Waals surface area contributed by atoms with Gasteiger partial charge in [-0.25, -0.2) is 5.43 Å². The number of phenolic OH excluding ortho intramolecular Hbond substituents is 1. The van der Waals surface area contributed by atoms with Crippen molar-refractivity contribution >= 4 is 34.5 Å². The highest BCUT2D eigenvalue weighted by atomic mass is 16.5. The van der Waals surface area contributed by atoms with E-state index < -0.39 is 5.91 Å². The quantitative estimate of drug-likeness (QED) is 0.219. The number of fused-ring (bicyclic) bond motifs is 1. The maximum atomic E-state index is 12.6. The van der Waals surface area contributed by atoms with Crippen molar-refractivity contribution in [1.82, 2.24) is 5.43 Å². The first-order valence-electron chi connectivity index (χ1n) is 12.3. The molecule has 0 fully saturated rings. The van der Waals surface area contributed by atoms with E-state index in [-0.39, 0.29) is 34.8 Å². The number of benzene rings is 4. The van der Waals surface area contributed by atoms with E-state index in [1.165, 1.54) is 30.0 Å². The Morgan fingerprint density at radius 2 is 1.72 bits per heavy atom. The molecule has 196 valence electrons. The Bertz CT molecular complexity index is 1600. The van der Waals surface area contributed by atoms with E-state index in [9.17, 15) is 14.7 Å². The Morgan fingerprint density at radius 1 is 1.00 bits per heavy atom. The van der Waals surface area contributed by atoms with Gasteiger partial charge in [0, 0.05) is 22.2 Å². The molecule has 0 atom stereocenters. The van der Waals surface area contributed by atoms with Gasteiger partial charge in [-0.05, 0) is 52.8 Å². The summed E-state index contributed by atoms with van der Waals surface area (Å²) in [7, 11) is 0. The van der Waals surface area contributed by atoms with Crippen LogP contribution in [-0.2, 0) is 10.2 Å². The number of nitrogens with zero attached hydrogens (tertiary/aromatic N) is 2. The molecule has 0 saturated carbocycles. The second kappa shape index (κ2) is 11.5. The third-order valence-corrected chi connectivity index (χ3v) is 6.07. The van der Waals surface area contributed by atoms with Gasteiger partial charge in [-0.1, -0.05) is 63.2 Å². The number of carbonyl (C=O) groups is 2. The standard InChI is InChI=1S/C31H28N4O4/c1-31(2,3)23-10-12-24(13-11-23)39-19-29(37)34-27-14-8-21(25-6-4-5-7-26(25)27)18-33-35-30(38)20-9-15-28(36)22(16-20)17-32/h4-16,18,36H,19H2,1-3H3,(H,34,37)(H,35,38)/b33-18+. The molecule has 0 aliphatic carbocycles. The first-order chi connectivity index (χ1) is 18.7. The highest BCUT2D eigenvalue weighted by Gasteiger charge is 2.14. The largest absolute Gasteiger partial charge is 0.507 e. The van der Waals surface area contributed by atoms with E-state index in [1.807, 2.05) is 54.6 Å². The number of rotatable bonds is 7. The second-order valence-corrected chi connectivity index (χ2v) is 9.90. The van der Waals surface area contributed by atoms with E-state index in [0.717, 1.165) is 16.3 Å². The van der Waals surface area contributed by atoms with Crippen LogP contribution in [-0.4, -0.2) is 29.7 Å². The number of amides is 2. The highest BCUT2D eigenvalue weighted by Crippen LogP contribution is 2.27. The average molecular weight is 521 g/mol. The van der Waals surface area contributed by atoms with Crippen LogP contribution in [0.15, 0.2) is 84.0 Å². The van der Waals surface area contributed by atoms with Gasteiger partial charge in [-0.2, -0.15) is 10.4 Å². The number of hydrogen-bond donors (Lipinski definition) is 3. The predicted molar refractivity (Wildman–Crippen MR) is 151 cm³/mol. The molecule has 2 amide bonds. The van der Waals surface area contributed by atoms with Crippen molar-refractivity contribution in [2.75, 3.05) is 11.9 Å². The molecule has 0 saturated heterocycles. The van der Waals surface area contributed by atoms with Gasteiger partial charge in [0.1, 0.15) is 17.6 Å². The molecule has 0 aromatic heterocycles. The summed E-state index contributed by atoms with van der Waals surface area (Å²) >= 11 is 0. The Hall–Kier alpha value is -5.16. The van der Waals surface area contributed by atoms with Crippen molar-refractivity contribution in [3.8, 4) is 17.6 Å². The minimum atomic E-state index is -0.524. The molecule has 0 radical (unpaired) electrons. The zero-order chi connectivity index (χ0) is 28.0. The summed E-state index contributed by atoms with van der Waals surface area (Å²) in [4.78, 5) is 25.0. The molecule has 0 aliphatic rings. The lowest BCUT2D eigenvalue weighted by Crippen LogP contribution is -2.20. The van der Waals surface area contributed by atoms with E-state index in [1.54, 1.807) is 12.1 Å². The lowest BCUT2D eigenvalue weighted by atomic mass is 9.87. The fourth-order valence-corrected chi connectivity index (χ4v) is 3.92. The SMILES string of the molecule is CC(C)(C)c1ccc(OCC(=O)Nc2ccc(/C=N/NC(=O)c3ccc(O)c(C#N)c3)c3ccccc23)cc1. The van der Waals surface area contributed by atoms with Gasteiger partial charge < -0.3 is 15.2 Å². The van der Waals surface area contributed by atoms with E-state index in [4.69, 9.17) is 10.00 Å². The Kier molecular flexibility index (Phi) is 7.92. The van der Waals surface area contributed by atoms with Crippen molar-refractivity contribution in [3.05, 3.63) is 101 Å². The molecule has 8 nitrogen and oxygen atoms in total. The number of aromatic hydroxyl groups is 1. The lowest BCUT2D eigenvalue weighted by Gasteiger charge is -2.19. The van der Waals surface area contributed by atoms with Crippen LogP contribution in [0.25, 0.3) is 10.8 Å². The van der Waals surface area contributed by atoms with Gasteiger partial charge in [-0.3, -0.25) is 9.59 Å². The highest BCUT2D eigenvalue weighted by molar-refractivity contribution is 6.08. The molecule has 4 aromatic carbocycles. The smallest absolute Gasteiger partial charge is 0.271 e. The predicted octanol–water partition coefficient (Wildman–Crippen LogP) is 5.50. The van der Waals surface area contributed by atoms with Crippen LogP contribution in [0.3, 0.4) is 0 Å². The summed E-state index contributed by atoms with van der Waals surface area (Å²) < 4.78 is 5.67. The number of ether oxygens (including phenoxy) is 1. The fourth-order valence-electron chi connectivity index (χ4n) is 3.92. The number of hydrogen-bond acceptors (Lipinski definition) is 6. The molecule has 0 unspecified atom stereocenters. The Balaban J connectivity index is 1.42. The monoisotopic (exact) mass is 520 g/mol. The summed E-state index contributed by atoms with van der Waals surface area (Å²) in [6, 6.07) is 24.6. The van der Waals surface area contributed by atoms with Crippen LogP contribution >= 0.6 is 0 Å². The minimum Gasteiger partial charge on any atom is -0.507 e. The van der Waals surface area contributed by atoms with Gasteiger partial charge in [0.05, 0.1) is 11.8 Å². The first kappa shape index (κ1) is 26.9. The number of nitrogens with one attached hydrogen (secondary N) is 2. The maximum absolute atomic E-state index is 12.6. The van der Waals surface area contributed by atoms with Crippen LogP contribution in [0.2, 0.25) is 0 Å². The molecule has 0 bridgehead atoms. The van der Waals surface area contributed by atoms with Gasteiger partial charge >= 0.3 is 0 Å². The van der Waals surface area contributed by atoms with Gasteiger partial charge in [-0.15, -0.1) is 0 Å². The molecular formula is C31H28N4O4. The Morgan fingerprint density at radius 3 is 2.41 bits per heavy atom. The number of anilines is 1. The molecule has 4 aromatic rings. The molecule has 3 N–H and O–H groups in total. The zero-order valence-electron chi connectivity index (χ0n) is 21.9. The minimum absolute atomic E-state index is 0.000832. The molecule has 39 heavy (non-hydrogen) atoms. The van der Waals surface area contributed by atoms with Crippen LogP contribution in [0, 0.1) is 11.3 Å². The van der Waals surface area contributed by atoms with Gasteiger partial charge in [0.2, 0.25) is 0 Å². The molecule has 4 rings (SSSR count). The van der Waals surface area contributed by atoms with Crippen LogP contribution < -0.4 is 15.5 Å². The third-order valence-electron chi connectivity index (χ3n) is 6.07. The zero-order valence-corrected chi connectivity index (χ0v) is 21.9. The molecule has 0 heterocycles. The van der Waals surface area contributed by atoms with Crippen LogP contribution in [0.4, 0.5) is 5.69 Å². The average Bonchev–Trinajstić information content (AvgIpc) is 2.93. The third kappa shape index (κ3) is 6.59. The summed E-state index contributed by atoms with van der Waals surface area (Å²) in [5.41, 5.74) is 5.18. The first-order valence-corrected chi connectivity index (χ1v) is 12.3. The summed E-state index contributed by atoms with van der Waals surface area (Å²) in [6.45, 7) is 6.27.